The van der Waals surface area contributed by atoms with Gasteiger partial charge >= 0.3 is 0 Å². The first-order chi connectivity index (χ1) is 12.4. The van der Waals surface area contributed by atoms with Crippen molar-refractivity contribution in [2.45, 2.75) is 19.1 Å². The fourth-order valence-electron chi connectivity index (χ4n) is 2.82. The van der Waals surface area contributed by atoms with Crippen LogP contribution < -0.4 is 4.74 Å². The van der Waals surface area contributed by atoms with Gasteiger partial charge in [-0.05, 0) is 24.5 Å². The molecule has 1 fully saturated rings. The van der Waals surface area contributed by atoms with E-state index in [2.05, 4.69) is 24.3 Å². The molecule has 0 unspecified atom stereocenters. The van der Waals surface area contributed by atoms with Crippen LogP contribution in [0, 0.1) is 0 Å². The minimum atomic E-state index is -0.333. The minimum absolute atomic E-state index is 0.214. The number of benzene rings is 2. The summed E-state index contributed by atoms with van der Waals surface area (Å²) in [5.41, 5.74) is 3.26. The van der Waals surface area contributed by atoms with E-state index in [1.165, 1.54) is 5.56 Å². The number of methoxy groups -OCH3 is 1. The van der Waals surface area contributed by atoms with Crippen molar-refractivity contribution in [3.63, 3.8) is 0 Å². The quantitative estimate of drug-likeness (QED) is 0.702. The maximum absolute atomic E-state index is 5.80. The normalized spacial score (nSPS) is 15.6. The maximum Gasteiger partial charge on any atom is 0.188 e. The molecule has 0 saturated carbocycles. The highest BCUT2D eigenvalue weighted by atomic mass is 16.7. The van der Waals surface area contributed by atoms with Crippen LogP contribution in [-0.2, 0) is 20.6 Å². The zero-order valence-electron chi connectivity index (χ0n) is 14.5. The molecule has 1 heterocycles. The first kappa shape index (κ1) is 17.7. The van der Waals surface area contributed by atoms with E-state index in [-0.39, 0.29) is 13.1 Å². The summed E-state index contributed by atoms with van der Waals surface area (Å²) in [6.07, 6.45) is 5.57. The van der Waals surface area contributed by atoms with E-state index >= 15 is 0 Å². The molecule has 1 saturated heterocycles. The molecular formula is C21H24O4. The summed E-state index contributed by atoms with van der Waals surface area (Å²) in [5, 5.41) is 0. The van der Waals surface area contributed by atoms with Gasteiger partial charge in [0.05, 0.1) is 13.2 Å². The monoisotopic (exact) mass is 340 g/mol. The molecule has 1 aliphatic rings. The molecule has 0 aromatic heterocycles. The van der Waals surface area contributed by atoms with Gasteiger partial charge in [0, 0.05) is 18.2 Å². The third-order valence-electron chi connectivity index (χ3n) is 4.01. The van der Waals surface area contributed by atoms with Gasteiger partial charge in [-0.2, -0.15) is 0 Å². The van der Waals surface area contributed by atoms with Crippen LogP contribution >= 0.6 is 0 Å². The Kier molecular flexibility index (Phi) is 6.63. The standard InChI is InChI=1S/C21H24O4/c1-22-16-25-20-13-6-12-19(21-23-14-7-15-24-21)18(20)11-5-10-17-8-3-2-4-9-17/h2-6,8-10,12-13,21H,7,11,14-16H2,1H3/b10-5+. The van der Waals surface area contributed by atoms with Gasteiger partial charge in [0.15, 0.2) is 13.1 Å². The second-order valence-electron chi connectivity index (χ2n) is 5.82. The highest BCUT2D eigenvalue weighted by Gasteiger charge is 2.21. The van der Waals surface area contributed by atoms with E-state index in [9.17, 15) is 0 Å². The number of allylic oxidation sites excluding steroid dienone is 1. The molecule has 0 bridgehead atoms. The lowest BCUT2D eigenvalue weighted by Gasteiger charge is -2.26. The highest BCUT2D eigenvalue weighted by Crippen LogP contribution is 2.32. The van der Waals surface area contributed by atoms with Crippen LogP contribution in [0.3, 0.4) is 0 Å². The summed E-state index contributed by atoms with van der Waals surface area (Å²) in [6.45, 7) is 1.64. The Morgan fingerprint density at radius 1 is 1.04 bits per heavy atom. The van der Waals surface area contributed by atoms with Crippen LogP contribution in [0.15, 0.2) is 54.6 Å². The Morgan fingerprint density at radius 3 is 2.60 bits per heavy atom. The molecule has 2 aromatic rings. The Balaban J connectivity index is 1.83. The predicted molar refractivity (Wildman–Crippen MR) is 97.4 cm³/mol. The van der Waals surface area contributed by atoms with Gasteiger partial charge in [-0.1, -0.05) is 54.6 Å². The number of hydrogen-bond donors (Lipinski definition) is 0. The summed E-state index contributed by atoms with van der Waals surface area (Å²) >= 11 is 0. The van der Waals surface area contributed by atoms with E-state index < -0.39 is 0 Å². The summed E-state index contributed by atoms with van der Waals surface area (Å²) in [4.78, 5) is 0. The van der Waals surface area contributed by atoms with Gasteiger partial charge in [0.1, 0.15) is 5.75 Å². The van der Waals surface area contributed by atoms with Crippen molar-refractivity contribution < 1.29 is 18.9 Å². The molecule has 2 aromatic carbocycles. The molecule has 0 radical (unpaired) electrons. The highest BCUT2D eigenvalue weighted by molar-refractivity contribution is 5.51. The van der Waals surface area contributed by atoms with Gasteiger partial charge in [-0.3, -0.25) is 0 Å². The predicted octanol–water partition coefficient (Wildman–Crippen LogP) is 4.36. The lowest BCUT2D eigenvalue weighted by Crippen LogP contribution is -2.19. The third-order valence-corrected chi connectivity index (χ3v) is 4.01. The van der Waals surface area contributed by atoms with Gasteiger partial charge in [-0.25, -0.2) is 0 Å². The second kappa shape index (κ2) is 9.37. The van der Waals surface area contributed by atoms with Crippen LogP contribution in [0.25, 0.3) is 6.08 Å². The fourth-order valence-corrected chi connectivity index (χ4v) is 2.82. The Bertz CT molecular complexity index is 676. The van der Waals surface area contributed by atoms with Crippen molar-refractivity contribution >= 4 is 6.08 Å². The minimum Gasteiger partial charge on any atom is -0.467 e. The number of hydrogen-bond acceptors (Lipinski definition) is 4. The number of ether oxygens (including phenoxy) is 4. The second-order valence-corrected chi connectivity index (χ2v) is 5.82. The smallest absolute Gasteiger partial charge is 0.188 e. The lowest BCUT2D eigenvalue weighted by molar-refractivity contribution is -0.183. The van der Waals surface area contributed by atoms with Crippen LogP contribution in [0.1, 0.15) is 29.4 Å². The van der Waals surface area contributed by atoms with E-state index in [0.717, 1.165) is 29.7 Å². The van der Waals surface area contributed by atoms with Gasteiger partial charge < -0.3 is 18.9 Å². The van der Waals surface area contributed by atoms with Crippen LogP contribution in [-0.4, -0.2) is 27.1 Å². The molecule has 1 aliphatic heterocycles. The molecule has 132 valence electrons. The van der Waals surface area contributed by atoms with Crippen molar-refractivity contribution in [3.05, 3.63) is 71.3 Å². The van der Waals surface area contributed by atoms with Crippen molar-refractivity contribution in [2.75, 3.05) is 27.1 Å². The largest absolute Gasteiger partial charge is 0.467 e. The summed E-state index contributed by atoms with van der Waals surface area (Å²) in [5.74, 6) is 0.801. The molecule has 4 nitrogen and oxygen atoms in total. The van der Waals surface area contributed by atoms with Gasteiger partial charge in [0.25, 0.3) is 0 Å². The number of rotatable bonds is 7. The summed E-state index contributed by atoms with van der Waals surface area (Å²) in [6, 6.07) is 16.2. The molecule has 0 spiro atoms. The van der Waals surface area contributed by atoms with Crippen LogP contribution in [0.2, 0.25) is 0 Å². The first-order valence-corrected chi connectivity index (χ1v) is 8.57. The molecule has 25 heavy (non-hydrogen) atoms. The third kappa shape index (κ3) is 4.92. The van der Waals surface area contributed by atoms with E-state index in [1.807, 2.05) is 36.4 Å². The van der Waals surface area contributed by atoms with Crippen molar-refractivity contribution in [2.24, 2.45) is 0 Å². The molecule has 4 heteroatoms. The molecule has 0 N–H and O–H groups in total. The van der Waals surface area contributed by atoms with E-state index in [1.54, 1.807) is 7.11 Å². The molecular weight excluding hydrogens is 316 g/mol. The molecule has 0 atom stereocenters. The SMILES string of the molecule is COCOc1cccc(C2OCCCO2)c1C/C=C/c1ccccc1. The first-order valence-electron chi connectivity index (χ1n) is 8.57. The van der Waals surface area contributed by atoms with Gasteiger partial charge in [-0.15, -0.1) is 0 Å². The molecule has 0 aliphatic carbocycles. The molecule has 3 rings (SSSR count). The Morgan fingerprint density at radius 2 is 1.84 bits per heavy atom. The lowest BCUT2D eigenvalue weighted by atomic mass is 10.0. The van der Waals surface area contributed by atoms with E-state index in [0.29, 0.717) is 13.2 Å². The Hall–Kier alpha value is -2.14. The van der Waals surface area contributed by atoms with Crippen molar-refractivity contribution in [3.8, 4) is 5.75 Å². The molecule has 0 amide bonds. The van der Waals surface area contributed by atoms with Gasteiger partial charge in [0.2, 0.25) is 0 Å². The average molecular weight is 340 g/mol. The van der Waals surface area contributed by atoms with E-state index in [4.69, 9.17) is 18.9 Å². The topological polar surface area (TPSA) is 36.9 Å². The zero-order chi connectivity index (χ0) is 17.3. The Labute approximate surface area is 149 Å². The maximum atomic E-state index is 5.80. The zero-order valence-corrected chi connectivity index (χ0v) is 14.5. The summed E-state index contributed by atoms with van der Waals surface area (Å²) in [7, 11) is 1.62. The van der Waals surface area contributed by atoms with Crippen LogP contribution in [0.4, 0.5) is 0 Å². The average Bonchev–Trinajstić information content (AvgIpc) is 2.68. The fraction of sp³-hybridized carbons (Fsp3) is 0.333. The summed E-state index contributed by atoms with van der Waals surface area (Å²) < 4.78 is 22.4. The van der Waals surface area contributed by atoms with Crippen molar-refractivity contribution in [1.82, 2.24) is 0 Å². The van der Waals surface area contributed by atoms with Crippen LogP contribution in [0.5, 0.6) is 5.75 Å². The van der Waals surface area contributed by atoms with Crippen molar-refractivity contribution in [1.29, 1.82) is 0 Å².